The summed E-state index contributed by atoms with van der Waals surface area (Å²) in [6.45, 7) is 6.42. The molecule has 172 valence electrons. The molecule has 0 radical (unpaired) electrons. The molecule has 1 aromatic rings. The highest BCUT2D eigenvalue weighted by Gasteiger charge is 2.01. The van der Waals surface area contributed by atoms with Gasteiger partial charge in [0.05, 0.1) is 33.0 Å². The molecule has 0 saturated carbocycles. The Morgan fingerprint density at radius 2 is 1.30 bits per heavy atom. The smallest absolute Gasteiger partial charge is 0.407 e. The lowest BCUT2D eigenvalue weighted by Crippen LogP contribution is -2.28. The van der Waals surface area contributed by atoms with E-state index in [0.29, 0.717) is 39.6 Å². The molecule has 0 aliphatic heterocycles. The normalized spacial score (nSPS) is 10.8. The van der Waals surface area contributed by atoms with E-state index in [9.17, 15) is 4.79 Å². The highest BCUT2D eigenvalue weighted by atomic mass is 16.6. The number of unbranched alkanes of at least 4 members (excludes halogenated alkanes) is 7. The Hall–Kier alpha value is -1.63. The van der Waals surface area contributed by atoms with Crippen molar-refractivity contribution in [2.45, 2.75) is 64.9 Å². The number of ether oxygens (including phenoxy) is 4. The van der Waals surface area contributed by atoms with Crippen LogP contribution in [0.1, 0.15) is 63.9 Å². The second-order valence-electron chi connectivity index (χ2n) is 7.30. The van der Waals surface area contributed by atoms with Crippen LogP contribution in [-0.2, 0) is 25.6 Å². The van der Waals surface area contributed by atoms with Crippen LogP contribution in [0.25, 0.3) is 0 Å². The SMILES string of the molecule is CCCCCCCCCCOCCOCCOCCNC(=O)OCc1ccccc1. The molecule has 30 heavy (non-hydrogen) atoms. The number of alkyl carbamates (subject to hydrolysis) is 1. The summed E-state index contributed by atoms with van der Waals surface area (Å²) in [5.74, 6) is 0. The van der Waals surface area contributed by atoms with Gasteiger partial charge in [-0.1, -0.05) is 82.2 Å². The second kappa shape index (κ2) is 20.6. The molecule has 0 atom stereocenters. The topological polar surface area (TPSA) is 66.0 Å². The van der Waals surface area contributed by atoms with Crippen molar-refractivity contribution in [1.29, 1.82) is 0 Å². The molecule has 1 N–H and O–H groups in total. The van der Waals surface area contributed by atoms with E-state index in [2.05, 4.69) is 12.2 Å². The number of carbonyl (C=O) groups excluding carboxylic acids is 1. The molecule has 6 heteroatoms. The number of hydrogen-bond donors (Lipinski definition) is 1. The van der Waals surface area contributed by atoms with Crippen LogP contribution < -0.4 is 5.32 Å². The van der Waals surface area contributed by atoms with Gasteiger partial charge in [0.25, 0.3) is 0 Å². The van der Waals surface area contributed by atoms with Crippen molar-refractivity contribution in [2.24, 2.45) is 0 Å². The van der Waals surface area contributed by atoms with Crippen LogP contribution in [0.4, 0.5) is 4.79 Å². The third-order valence-corrected chi connectivity index (χ3v) is 4.61. The van der Waals surface area contributed by atoms with Gasteiger partial charge in [-0.2, -0.15) is 0 Å². The molecule has 0 aliphatic rings. The van der Waals surface area contributed by atoms with E-state index in [1.807, 2.05) is 30.3 Å². The van der Waals surface area contributed by atoms with Crippen molar-refractivity contribution < 1.29 is 23.7 Å². The van der Waals surface area contributed by atoms with Gasteiger partial charge in [-0.05, 0) is 12.0 Å². The van der Waals surface area contributed by atoms with E-state index < -0.39 is 6.09 Å². The third kappa shape index (κ3) is 17.2. The van der Waals surface area contributed by atoms with E-state index >= 15 is 0 Å². The Kier molecular flexibility index (Phi) is 18.2. The van der Waals surface area contributed by atoms with Crippen LogP contribution in [0.2, 0.25) is 0 Å². The van der Waals surface area contributed by atoms with E-state index in [-0.39, 0.29) is 6.61 Å². The van der Waals surface area contributed by atoms with Gasteiger partial charge in [-0.3, -0.25) is 0 Å². The molecule has 0 bridgehead atoms. The summed E-state index contributed by atoms with van der Waals surface area (Å²) in [6.07, 6.45) is 10.1. The standard InChI is InChI=1S/C24H41NO5/c1-2-3-4-5-6-7-8-12-16-27-18-20-29-21-19-28-17-15-25-24(26)30-22-23-13-10-9-11-14-23/h9-11,13-14H,2-8,12,15-22H2,1H3,(H,25,26). The number of carbonyl (C=O) groups is 1. The first-order valence-electron chi connectivity index (χ1n) is 11.5. The Bertz CT molecular complexity index is 498. The Labute approximate surface area is 182 Å². The van der Waals surface area contributed by atoms with Crippen molar-refractivity contribution in [3.05, 3.63) is 35.9 Å². The highest BCUT2D eigenvalue weighted by molar-refractivity contribution is 5.67. The molecule has 0 fully saturated rings. The molecule has 0 aromatic heterocycles. The molecule has 0 saturated heterocycles. The fourth-order valence-corrected chi connectivity index (χ4v) is 2.88. The summed E-state index contributed by atoms with van der Waals surface area (Å²) in [5, 5.41) is 2.66. The minimum Gasteiger partial charge on any atom is -0.445 e. The summed E-state index contributed by atoms with van der Waals surface area (Å²) in [6, 6.07) is 9.58. The number of nitrogens with one attached hydrogen (secondary N) is 1. The molecular formula is C24H41NO5. The predicted molar refractivity (Wildman–Crippen MR) is 120 cm³/mol. The molecule has 6 nitrogen and oxygen atoms in total. The minimum atomic E-state index is -0.438. The Balaban J connectivity index is 1.73. The van der Waals surface area contributed by atoms with E-state index in [4.69, 9.17) is 18.9 Å². The van der Waals surface area contributed by atoms with E-state index in [0.717, 1.165) is 18.6 Å². The van der Waals surface area contributed by atoms with Crippen molar-refractivity contribution in [3.8, 4) is 0 Å². The molecule has 0 aliphatic carbocycles. The summed E-state index contributed by atoms with van der Waals surface area (Å²) in [5.41, 5.74) is 0.961. The lowest BCUT2D eigenvalue weighted by Gasteiger charge is -2.08. The first kappa shape index (κ1) is 26.4. The van der Waals surface area contributed by atoms with Crippen LogP contribution in [0.15, 0.2) is 30.3 Å². The lowest BCUT2D eigenvalue weighted by atomic mass is 10.1. The summed E-state index contributed by atoms with van der Waals surface area (Å²) in [7, 11) is 0. The number of hydrogen-bond acceptors (Lipinski definition) is 5. The largest absolute Gasteiger partial charge is 0.445 e. The van der Waals surface area contributed by atoms with Crippen LogP contribution in [0, 0.1) is 0 Å². The lowest BCUT2D eigenvalue weighted by molar-refractivity contribution is 0.0143. The van der Waals surface area contributed by atoms with Crippen LogP contribution in [0.5, 0.6) is 0 Å². The number of rotatable bonds is 20. The van der Waals surface area contributed by atoms with Gasteiger partial charge >= 0.3 is 6.09 Å². The van der Waals surface area contributed by atoms with Gasteiger partial charge in [0.1, 0.15) is 6.61 Å². The molecule has 1 aromatic carbocycles. The Morgan fingerprint density at radius 3 is 1.97 bits per heavy atom. The average molecular weight is 424 g/mol. The number of benzene rings is 1. The monoisotopic (exact) mass is 423 g/mol. The molecule has 0 heterocycles. The summed E-state index contributed by atoms with van der Waals surface area (Å²) < 4.78 is 21.6. The molecule has 0 spiro atoms. The van der Waals surface area contributed by atoms with Crippen LogP contribution >= 0.6 is 0 Å². The maximum atomic E-state index is 11.6. The molecular weight excluding hydrogens is 382 g/mol. The zero-order chi connectivity index (χ0) is 21.5. The van der Waals surface area contributed by atoms with Crippen LogP contribution in [-0.4, -0.2) is 52.3 Å². The zero-order valence-electron chi connectivity index (χ0n) is 18.7. The van der Waals surface area contributed by atoms with Crippen LogP contribution in [0.3, 0.4) is 0 Å². The fraction of sp³-hybridized carbons (Fsp3) is 0.708. The maximum absolute atomic E-state index is 11.6. The van der Waals surface area contributed by atoms with Crippen molar-refractivity contribution >= 4 is 6.09 Å². The predicted octanol–water partition coefficient (Wildman–Crippen LogP) is 5.10. The third-order valence-electron chi connectivity index (χ3n) is 4.61. The maximum Gasteiger partial charge on any atom is 0.407 e. The van der Waals surface area contributed by atoms with E-state index in [1.165, 1.54) is 44.9 Å². The van der Waals surface area contributed by atoms with Gasteiger partial charge in [0.15, 0.2) is 0 Å². The van der Waals surface area contributed by atoms with E-state index in [1.54, 1.807) is 0 Å². The molecule has 0 unspecified atom stereocenters. The Morgan fingerprint density at radius 1 is 0.733 bits per heavy atom. The van der Waals surface area contributed by atoms with Gasteiger partial charge in [-0.25, -0.2) is 4.79 Å². The number of amides is 1. The van der Waals surface area contributed by atoms with Gasteiger partial charge in [0, 0.05) is 13.2 Å². The summed E-state index contributed by atoms with van der Waals surface area (Å²) >= 11 is 0. The fourth-order valence-electron chi connectivity index (χ4n) is 2.88. The first-order chi connectivity index (χ1) is 14.8. The van der Waals surface area contributed by atoms with Crippen molar-refractivity contribution in [1.82, 2.24) is 5.32 Å². The van der Waals surface area contributed by atoms with Gasteiger partial charge < -0.3 is 24.3 Å². The minimum absolute atomic E-state index is 0.266. The molecule has 1 amide bonds. The highest BCUT2D eigenvalue weighted by Crippen LogP contribution is 2.08. The average Bonchev–Trinajstić information content (AvgIpc) is 2.77. The summed E-state index contributed by atoms with van der Waals surface area (Å²) in [4.78, 5) is 11.6. The van der Waals surface area contributed by atoms with Crippen molar-refractivity contribution in [3.63, 3.8) is 0 Å². The van der Waals surface area contributed by atoms with Crippen molar-refractivity contribution in [2.75, 3.05) is 46.2 Å². The zero-order valence-corrected chi connectivity index (χ0v) is 18.7. The second-order valence-corrected chi connectivity index (χ2v) is 7.30. The quantitative estimate of drug-likeness (QED) is 0.296. The van der Waals surface area contributed by atoms with Gasteiger partial charge in [0.2, 0.25) is 0 Å². The first-order valence-corrected chi connectivity index (χ1v) is 11.5. The van der Waals surface area contributed by atoms with Gasteiger partial charge in [-0.15, -0.1) is 0 Å². The molecule has 1 rings (SSSR count).